The minimum atomic E-state index is 0.416. The second kappa shape index (κ2) is 9.64. The van der Waals surface area contributed by atoms with Gasteiger partial charge in [0.2, 0.25) is 0 Å². The Bertz CT molecular complexity index is 482. The van der Waals surface area contributed by atoms with Crippen molar-refractivity contribution in [3.8, 4) is 0 Å². The van der Waals surface area contributed by atoms with E-state index in [2.05, 4.69) is 66.0 Å². The van der Waals surface area contributed by atoms with Crippen LogP contribution in [0.3, 0.4) is 0 Å². The van der Waals surface area contributed by atoms with Crippen LogP contribution in [0.15, 0.2) is 46.5 Å². The van der Waals surface area contributed by atoms with Gasteiger partial charge in [-0.1, -0.05) is 72.0 Å². The van der Waals surface area contributed by atoms with Crippen molar-refractivity contribution >= 4 is 15.9 Å². The average Bonchev–Trinajstić information content (AvgIpc) is 3.37. The zero-order valence-electron chi connectivity index (χ0n) is 14.8. The minimum absolute atomic E-state index is 0.416. The summed E-state index contributed by atoms with van der Waals surface area (Å²) < 4.78 is 1.34. The fraction of sp³-hybridized carbons (Fsp3) is 0.619. The van der Waals surface area contributed by atoms with E-state index in [9.17, 15) is 0 Å². The fourth-order valence-corrected chi connectivity index (χ4v) is 4.06. The van der Waals surface area contributed by atoms with E-state index in [0.717, 1.165) is 12.6 Å². The summed E-state index contributed by atoms with van der Waals surface area (Å²) in [7, 11) is 0. The van der Waals surface area contributed by atoms with E-state index in [4.69, 9.17) is 0 Å². The van der Waals surface area contributed by atoms with Gasteiger partial charge in [0.15, 0.2) is 0 Å². The standard InChI is InChI=1S/C21H32BrN/c1-4-7-8-9-11-16-14-17(15-23-18-12-13-18)21(22)20(10-5-2)19(16)6-3/h5-6,10,14,18-20,23H,3-4,7-9,11-13,15H2,1-2H3/b10-5-. The van der Waals surface area contributed by atoms with Crippen LogP contribution >= 0.6 is 15.9 Å². The molecule has 0 saturated heterocycles. The summed E-state index contributed by atoms with van der Waals surface area (Å²) in [5.41, 5.74) is 3.00. The molecule has 2 heteroatoms. The van der Waals surface area contributed by atoms with Gasteiger partial charge in [-0.3, -0.25) is 0 Å². The highest BCUT2D eigenvalue weighted by molar-refractivity contribution is 9.11. The van der Waals surface area contributed by atoms with E-state index >= 15 is 0 Å². The van der Waals surface area contributed by atoms with E-state index in [1.807, 2.05) is 0 Å². The van der Waals surface area contributed by atoms with Crippen molar-refractivity contribution in [2.75, 3.05) is 6.54 Å². The van der Waals surface area contributed by atoms with Gasteiger partial charge in [-0.2, -0.15) is 0 Å². The molecule has 0 aromatic rings. The second-order valence-electron chi connectivity index (χ2n) is 6.87. The predicted octanol–water partition coefficient (Wildman–Crippen LogP) is 6.29. The number of hydrogen-bond donors (Lipinski definition) is 1. The number of nitrogens with one attached hydrogen (secondary N) is 1. The zero-order valence-corrected chi connectivity index (χ0v) is 16.4. The fourth-order valence-electron chi connectivity index (χ4n) is 3.37. The highest BCUT2D eigenvalue weighted by Crippen LogP contribution is 2.41. The predicted molar refractivity (Wildman–Crippen MR) is 106 cm³/mol. The van der Waals surface area contributed by atoms with Gasteiger partial charge < -0.3 is 5.32 Å². The van der Waals surface area contributed by atoms with Crippen LogP contribution in [0.2, 0.25) is 0 Å². The Morgan fingerprint density at radius 2 is 2.04 bits per heavy atom. The van der Waals surface area contributed by atoms with E-state index in [0.29, 0.717) is 11.8 Å². The topological polar surface area (TPSA) is 12.0 Å². The molecular weight excluding hydrogens is 346 g/mol. The van der Waals surface area contributed by atoms with Gasteiger partial charge in [0, 0.05) is 28.9 Å². The third-order valence-corrected chi connectivity index (χ3v) is 5.94. The molecule has 2 aliphatic rings. The average molecular weight is 378 g/mol. The van der Waals surface area contributed by atoms with E-state index in [1.54, 1.807) is 5.57 Å². The quantitative estimate of drug-likeness (QED) is 0.348. The maximum atomic E-state index is 4.12. The molecule has 0 radical (unpaired) electrons. The Hall–Kier alpha value is -0.600. The molecule has 1 fully saturated rings. The molecule has 23 heavy (non-hydrogen) atoms. The highest BCUT2D eigenvalue weighted by atomic mass is 79.9. The Morgan fingerprint density at radius 1 is 1.26 bits per heavy atom. The smallest absolute Gasteiger partial charge is 0.0216 e. The molecule has 0 heterocycles. The zero-order chi connectivity index (χ0) is 16.7. The first-order valence-electron chi connectivity index (χ1n) is 9.29. The van der Waals surface area contributed by atoms with Gasteiger partial charge in [0.05, 0.1) is 0 Å². The summed E-state index contributed by atoms with van der Waals surface area (Å²) in [6, 6.07) is 0.751. The second-order valence-corrected chi connectivity index (χ2v) is 7.73. The number of rotatable bonds is 10. The normalized spacial score (nSPS) is 25.1. The molecule has 0 aromatic heterocycles. The maximum absolute atomic E-state index is 4.12. The van der Waals surface area contributed by atoms with E-state index in [-0.39, 0.29) is 0 Å². The van der Waals surface area contributed by atoms with Gasteiger partial charge in [-0.25, -0.2) is 0 Å². The van der Waals surface area contributed by atoms with E-state index in [1.165, 1.54) is 55.0 Å². The SMILES string of the molecule is C=CC1C(CCCCCC)=CC(CNC2CC2)=C(Br)C1/C=C\C. The molecule has 1 nitrogen and oxygen atoms in total. The van der Waals surface area contributed by atoms with Crippen molar-refractivity contribution in [2.45, 2.75) is 64.8 Å². The third kappa shape index (κ3) is 5.46. The lowest BCUT2D eigenvalue weighted by Gasteiger charge is -2.31. The minimum Gasteiger partial charge on any atom is -0.310 e. The molecule has 128 valence electrons. The number of unbranched alkanes of at least 4 members (excludes halogenated alkanes) is 3. The summed E-state index contributed by atoms with van der Waals surface area (Å²) >= 11 is 3.89. The highest BCUT2D eigenvalue weighted by Gasteiger charge is 2.29. The van der Waals surface area contributed by atoms with Crippen LogP contribution in [-0.2, 0) is 0 Å². The first kappa shape index (κ1) is 18.7. The van der Waals surface area contributed by atoms with Crippen LogP contribution < -0.4 is 5.32 Å². The first-order chi connectivity index (χ1) is 11.2. The van der Waals surface area contributed by atoms with Crippen molar-refractivity contribution in [2.24, 2.45) is 11.8 Å². The van der Waals surface area contributed by atoms with Crippen LogP contribution in [0.1, 0.15) is 58.8 Å². The number of halogens is 1. The van der Waals surface area contributed by atoms with Crippen molar-refractivity contribution in [1.29, 1.82) is 0 Å². The molecule has 2 atom stereocenters. The molecular formula is C21H32BrN. The molecule has 0 aliphatic heterocycles. The summed E-state index contributed by atoms with van der Waals surface area (Å²) in [6.45, 7) is 9.50. The largest absolute Gasteiger partial charge is 0.310 e. The van der Waals surface area contributed by atoms with Crippen molar-refractivity contribution in [3.05, 3.63) is 46.5 Å². The monoisotopic (exact) mass is 377 g/mol. The molecule has 0 aromatic carbocycles. The van der Waals surface area contributed by atoms with Crippen LogP contribution in [0, 0.1) is 11.8 Å². The molecule has 0 spiro atoms. The molecule has 2 unspecified atom stereocenters. The van der Waals surface area contributed by atoms with Crippen molar-refractivity contribution in [3.63, 3.8) is 0 Å². The van der Waals surface area contributed by atoms with Gasteiger partial charge in [-0.05, 0) is 38.2 Å². The molecule has 1 N–H and O–H groups in total. The summed E-state index contributed by atoms with van der Waals surface area (Å²) in [6.07, 6.45) is 18.3. The van der Waals surface area contributed by atoms with Gasteiger partial charge >= 0.3 is 0 Å². The van der Waals surface area contributed by atoms with Crippen LogP contribution in [0.5, 0.6) is 0 Å². The molecule has 1 saturated carbocycles. The van der Waals surface area contributed by atoms with E-state index < -0.39 is 0 Å². The molecule has 0 amide bonds. The summed E-state index contributed by atoms with van der Waals surface area (Å²) in [4.78, 5) is 0. The molecule has 0 bridgehead atoms. The van der Waals surface area contributed by atoms with Gasteiger partial charge in [-0.15, -0.1) is 6.58 Å². The van der Waals surface area contributed by atoms with Crippen LogP contribution in [0.4, 0.5) is 0 Å². The lowest BCUT2D eigenvalue weighted by molar-refractivity contribution is 0.563. The van der Waals surface area contributed by atoms with Crippen molar-refractivity contribution in [1.82, 2.24) is 5.32 Å². The van der Waals surface area contributed by atoms with Crippen LogP contribution in [-0.4, -0.2) is 12.6 Å². The lowest BCUT2D eigenvalue weighted by atomic mass is 9.77. The van der Waals surface area contributed by atoms with Gasteiger partial charge in [0.25, 0.3) is 0 Å². The third-order valence-electron chi connectivity index (χ3n) is 4.91. The maximum Gasteiger partial charge on any atom is 0.0216 e. The van der Waals surface area contributed by atoms with Gasteiger partial charge in [0.1, 0.15) is 0 Å². The summed E-state index contributed by atoms with van der Waals surface area (Å²) in [5, 5.41) is 3.67. The van der Waals surface area contributed by atoms with Crippen LogP contribution in [0.25, 0.3) is 0 Å². The Kier molecular flexibility index (Phi) is 7.85. The summed E-state index contributed by atoms with van der Waals surface area (Å²) in [5.74, 6) is 0.853. The molecule has 2 aliphatic carbocycles. The number of hydrogen-bond acceptors (Lipinski definition) is 1. The Morgan fingerprint density at radius 3 is 2.65 bits per heavy atom. The lowest BCUT2D eigenvalue weighted by Crippen LogP contribution is -2.25. The molecule has 2 rings (SSSR count). The number of allylic oxidation sites excluding steroid dienone is 5. The van der Waals surface area contributed by atoms with Crippen molar-refractivity contribution < 1.29 is 0 Å². The Labute approximate surface area is 151 Å². The Balaban J connectivity index is 2.12. The first-order valence-corrected chi connectivity index (χ1v) is 10.1.